The standard InChI is InChI=1S/C12H14BrN5O2S/c1-2-14-8-9-3-4-11(10(13)7-9)21(19,20)18-12-15-5-6-16-17-12/h3-7,14H,2,8H2,1H3,(H,15,17,18). The van der Waals surface area contributed by atoms with Crippen molar-refractivity contribution in [2.24, 2.45) is 0 Å². The van der Waals surface area contributed by atoms with Crippen molar-refractivity contribution in [3.63, 3.8) is 0 Å². The first-order valence-electron chi connectivity index (χ1n) is 6.18. The minimum atomic E-state index is -3.76. The van der Waals surface area contributed by atoms with Crippen molar-refractivity contribution in [2.75, 3.05) is 11.3 Å². The van der Waals surface area contributed by atoms with Gasteiger partial charge in [-0.2, -0.15) is 5.10 Å². The molecule has 2 rings (SSSR count). The summed E-state index contributed by atoms with van der Waals surface area (Å²) in [5, 5.41) is 10.3. The van der Waals surface area contributed by atoms with Crippen LogP contribution in [-0.4, -0.2) is 30.1 Å². The highest BCUT2D eigenvalue weighted by Crippen LogP contribution is 2.24. The average molecular weight is 372 g/mol. The third-order valence-electron chi connectivity index (χ3n) is 2.57. The summed E-state index contributed by atoms with van der Waals surface area (Å²) in [4.78, 5) is 3.91. The maximum absolute atomic E-state index is 12.3. The number of halogens is 1. The number of rotatable bonds is 6. The number of nitrogens with zero attached hydrogens (tertiary/aromatic N) is 3. The fourth-order valence-corrected chi connectivity index (χ4v) is 3.68. The van der Waals surface area contributed by atoms with Gasteiger partial charge in [0.15, 0.2) is 0 Å². The first-order chi connectivity index (χ1) is 10.0. The lowest BCUT2D eigenvalue weighted by Crippen LogP contribution is -2.16. The quantitative estimate of drug-likeness (QED) is 0.799. The molecule has 0 bridgehead atoms. The summed E-state index contributed by atoms with van der Waals surface area (Å²) in [6.45, 7) is 3.53. The molecule has 112 valence electrons. The third kappa shape index (κ3) is 4.19. The fourth-order valence-electron chi connectivity index (χ4n) is 1.61. The van der Waals surface area contributed by atoms with Gasteiger partial charge in [-0.3, -0.25) is 0 Å². The molecule has 0 radical (unpaired) electrons. The predicted molar refractivity (Wildman–Crippen MR) is 82.2 cm³/mol. The van der Waals surface area contributed by atoms with Gasteiger partial charge in [0, 0.05) is 11.0 Å². The van der Waals surface area contributed by atoms with E-state index >= 15 is 0 Å². The number of anilines is 1. The zero-order valence-corrected chi connectivity index (χ0v) is 13.6. The molecule has 0 aliphatic heterocycles. The predicted octanol–water partition coefficient (Wildman–Crippen LogP) is 1.54. The Morgan fingerprint density at radius 2 is 2.10 bits per heavy atom. The molecule has 0 spiro atoms. The molecule has 1 aromatic heterocycles. The number of nitrogens with one attached hydrogen (secondary N) is 2. The van der Waals surface area contributed by atoms with Gasteiger partial charge in [0.1, 0.15) is 4.90 Å². The summed E-state index contributed by atoms with van der Waals surface area (Å²) >= 11 is 3.28. The minimum absolute atomic E-state index is 0.0684. The number of sulfonamides is 1. The lowest BCUT2D eigenvalue weighted by Gasteiger charge is -2.09. The zero-order valence-electron chi connectivity index (χ0n) is 11.2. The van der Waals surface area contributed by atoms with Gasteiger partial charge in [-0.1, -0.05) is 13.0 Å². The summed E-state index contributed by atoms with van der Waals surface area (Å²) in [6.07, 6.45) is 2.72. The molecule has 0 amide bonds. The second-order valence-corrected chi connectivity index (χ2v) is 6.62. The SMILES string of the molecule is CCNCc1ccc(S(=O)(=O)Nc2nccnn2)c(Br)c1. The summed E-state index contributed by atoms with van der Waals surface area (Å²) < 4.78 is 27.3. The molecule has 0 saturated carbocycles. The molecule has 7 nitrogen and oxygen atoms in total. The van der Waals surface area contributed by atoms with Crippen molar-refractivity contribution in [3.05, 3.63) is 40.6 Å². The molecule has 0 saturated heterocycles. The fraction of sp³-hybridized carbons (Fsp3) is 0.250. The lowest BCUT2D eigenvalue weighted by molar-refractivity contribution is 0.600. The van der Waals surface area contributed by atoms with Crippen LogP contribution in [0.2, 0.25) is 0 Å². The Hall–Kier alpha value is -1.58. The molecule has 0 atom stereocenters. The van der Waals surface area contributed by atoms with Gasteiger partial charge in [0.2, 0.25) is 0 Å². The number of benzene rings is 1. The Kier molecular flexibility index (Phi) is 5.21. The highest BCUT2D eigenvalue weighted by molar-refractivity contribution is 9.10. The van der Waals surface area contributed by atoms with Crippen LogP contribution in [0.1, 0.15) is 12.5 Å². The van der Waals surface area contributed by atoms with E-state index in [2.05, 4.69) is 41.2 Å². The van der Waals surface area contributed by atoms with Crippen LogP contribution in [0.5, 0.6) is 0 Å². The molecule has 21 heavy (non-hydrogen) atoms. The molecule has 1 heterocycles. The molecule has 0 aliphatic rings. The molecule has 0 aliphatic carbocycles. The molecule has 0 fully saturated rings. The van der Waals surface area contributed by atoms with Crippen molar-refractivity contribution in [2.45, 2.75) is 18.4 Å². The van der Waals surface area contributed by atoms with Crippen molar-refractivity contribution >= 4 is 31.9 Å². The van der Waals surface area contributed by atoms with E-state index in [1.165, 1.54) is 18.5 Å². The van der Waals surface area contributed by atoms with Crippen LogP contribution < -0.4 is 10.0 Å². The van der Waals surface area contributed by atoms with Crippen LogP contribution in [-0.2, 0) is 16.6 Å². The smallest absolute Gasteiger partial charge is 0.265 e. The van der Waals surface area contributed by atoms with Crippen molar-refractivity contribution in [3.8, 4) is 0 Å². The van der Waals surface area contributed by atoms with Crippen LogP contribution in [0.25, 0.3) is 0 Å². The van der Waals surface area contributed by atoms with Crippen molar-refractivity contribution < 1.29 is 8.42 Å². The maximum Gasteiger partial charge on any atom is 0.265 e. The topological polar surface area (TPSA) is 96.9 Å². The molecular weight excluding hydrogens is 358 g/mol. The Morgan fingerprint density at radius 3 is 2.71 bits per heavy atom. The van der Waals surface area contributed by atoms with E-state index in [-0.39, 0.29) is 10.8 Å². The highest BCUT2D eigenvalue weighted by atomic mass is 79.9. The first kappa shape index (κ1) is 15.8. The van der Waals surface area contributed by atoms with Crippen LogP contribution >= 0.6 is 15.9 Å². The van der Waals surface area contributed by atoms with E-state index < -0.39 is 10.0 Å². The summed E-state index contributed by atoms with van der Waals surface area (Å²) in [6, 6.07) is 5.06. The van der Waals surface area contributed by atoms with E-state index in [9.17, 15) is 8.42 Å². The molecule has 1 aromatic carbocycles. The van der Waals surface area contributed by atoms with Gasteiger partial charge in [-0.05, 0) is 40.2 Å². The lowest BCUT2D eigenvalue weighted by atomic mass is 10.2. The molecule has 0 unspecified atom stereocenters. The van der Waals surface area contributed by atoms with Crippen LogP contribution in [0, 0.1) is 0 Å². The van der Waals surface area contributed by atoms with E-state index in [1.807, 2.05) is 6.92 Å². The zero-order chi connectivity index (χ0) is 15.3. The van der Waals surface area contributed by atoms with Gasteiger partial charge in [0.05, 0.1) is 12.4 Å². The average Bonchev–Trinajstić information content (AvgIpc) is 2.45. The first-order valence-corrected chi connectivity index (χ1v) is 8.46. The minimum Gasteiger partial charge on any atom is -0.313 e. The van der Waals surface area contributed by atoms with Gasteiger partial charge < -0.3 is 5.32 Å². The van der Waals surface area contributed by atoms with Gasteiger partial charge >= 0.3 is 0 Å². The Morgan fingerprint density at radius 1 is 1.29 bits per heavy atom. The second kappa shape index (κ2) is 6.92. The molecule has 2 N–H and O–H groups in total. The van der Waals surface area contributed by atoms with E-state index in [4.69, 9.17) is 0 Å². The Labute approximate surface area is 131 Å². The van der Waals surface area contributed by atoms with Crippen LogP contribution in [0.15, 0.2) is 40.0 Å². The normalized spacial score (nSPS) is 11.3. The van der Waals surface area contributed by atoms with Gasteiger partial charge in [-0.25, -0.2) is 18.1 Å². The van der Waals surface area contributed by atoms with Crippen molar-refractivity contribution in [1.29, 1.82) is 0 Å². The molecule has 9 heteroatoms. The second-order valence-electron chi connectivity index (χ2n) is 4.12. The molecule has 2 aromatic rings. The number of aromatic nitrogens is 3. The van der Waals surface area contributed by atoms with Crippen LogP contribution in [0.3, 0.4) is 0 Å². The third-order valence-corrected chi connectivity index (χ3v) is 4.88. The summed E-state index contributed by atoms with van der Waals surface area (Å²) in [7, 11) is -3.76. The van der Waals surface area contributed by atoms with E-state index in [0.717, 1.165) is 12.1 Å². The monoisotopic (exact) mass is 371 g/mol. The molecular formula is C12H14BrN5O2S. The van der Waals surface area contributed by atoms with Gasteiger partial charge in [0.25, 0.3) is 16.0 Å². The number of hydrogen-bond acceptors (Lipinski definition) is 6. The Bertz CT molecular complexity index is 709. The summed E-state index contributed by atoms with van der Waals surface area (Å²) in [5.41, 5.74) is 0.986. The maximum atomic E-state index is 12.3. The van der Waals surface area contributed by atoms with E-state index in [1.54, 1.807) is 12.1 Å². The number of hydrogen-bond donors (Lipinski definition) is 2. The van der Waals surface area contributed by atoms with Crippen molar-refractivity contribution in [1.82, 2.24) is 20.5 Å². The largest absolute Gasteiger partial charge is 0.313 e. The highest BCUT2D eigenvalue weighted by Gasteiger charge is 2.19. The van der Waals surface area contributed by atoms with E-state index in [0.29, 0.717) is 11.0 Å². The Balaban J connectivity index is 2.24. The van der Waals surface area contributed by atoms with Gasteiger partial charge in [-0.15, -0.1) is 5.10 Å². The van der Waals surface area contributed by atoms with Crippen LogP contribution in [0.4, 0.5) is 5.95 Å². The summed E-state index contributed by atoms with van der Waals surface area (Å²) in [5.74, 6) is -0.0684.